The fourth-order valence-electron chi connectivity index (χ4n) is 3.67. The fraction of sp³-hybridized carbons (Fsp3) is 0.115. The lowest BCUT2D eigenvalue weighted by molar-refractivity contribution is -0.120. The van der Waals surface area contributed by atoms with Crippen LogP contribution in [0.1, 0.15) is 12.5 Å². The van der Waals surface area contributed by atoms with Gasteiger partial charge in [-0.05, 0) is 29.8 Å². The normalized spacial score (nSPS) is 13.2. The molecule has 4 rings (SSSR count). The monoisotopic (exact) mass is 457 g/mol. The zero-order valence-electron chi connectivity index (χ0n) is 18.9. The van der Waals surface area contributed by atoms with Crippen LogP contribution in [0.15, 0.2) is 78.5 Å². The fourth-order valence-corrected chi connectivity index (χ4v) is 3.67. The molecule has 172 valence electrons. The first kappa shape index (κ1) is 22.6. The molecule has 0 spiro atoms. The number of anilines is 3. The summed E-state index contributed by atoms with van der Waals surface area (Å²) in [5.41, 5.74) is 2.43. The van der Waals surface area contributed by atoms with Gasteiger partial charge in [0, 0.05) is 36.5 Å². The van der Waals surface area contributed by atoms with Crippen molar-refractivity contribution in [2.45, 2.75) is 6.92 Å². The van der Waals surface area contributed by atoms with Crippen molar-refractivity contribution in [3.63, 3.8) is 0 Å². The molecule has 1 heterocycles. The molecule has 0 aliphatic carbocycles. The van der Waals surface area contributed by atoms with E-state index >= 15 is 0 Å². The summed E-state index contributed by atoms with van der Waals surface area (Å²) in [4.78, 5) is 39.5. The standard InChI is InChI=1S/C26H23N3O5/c1-16(30)27-18-11-9-17(10-12-18)23-24(28-19-13-21(33-2)15-22(14-19)34-3)26(32)29(25(23)31)20-7-5-4-6-8-20/h4-15,28H,1-3H3,(H,27,30). The highest BCUT2D eigenvalue weighted by molar-refractivity contribution is 6.46. The first-order chi connectivity index (χ1) is 16.4. The quantitative estimate of drug-likeness (QED) is 0.520. The smallest absolute Gasteiger partial charge is 0.282 e. The minimum Gasteiger partial charge on any atom is -0.497 e. The van der Waals surface area contributed by atoms with Crippen molar-refractivity contribution in [3.8, 4) is 11.5 Å². The van der Waals surface area contributed by atoms with Crippen molar-refractivity contribution in [2.24, 2.45) is 0 Å². The number of hydrogen-bond donors (Lipinski definition) is 2. The number of amides is 3. The Morgan fingerprint density at radius 2 is 1.41 bits per heavy atom. The van der Waals surface area contributed by atoms with E-state index in [1.54, 1.807) is 66.7 Å². The van der Waals surface area contributed by atoms with Crippen LogP contribution in [0.4, 0.5) is 17.1 Å². The maximum Gasteiger partial charge on any atom is 0.282 e. The summed E-state index contributed by atoms with van der Waals surface area (Å²) in [6, 6.07) is 20.6. The van der Waals surface area contributed by atoms with Crippen LogP contribution in [0.2, 0.25) is 0 Å². The van der Waals surface area contributed by atoms with E-state index in [0.717, 1.165) is 4.90 Å². The minimum atomic E-state index is -0.487. The van der Waals surface area contributed by atoms with Crippen molar-refractivity contribution in [3.05, 3.63) is 84.1 Å². The average Bonchev–Trinajstić information content (AvgIpc) is 3.08. The number of rotatable bonds is 7. The third kappa shape index (κ3) is 4.47. The van der Waals surface area contributed by atoms with Gasteiger partial charge in [-0.1, -0.05) is 30.3 Å². The van der Waals surface area contributed by atoms with Gasteiger partial charge in [0.15, 0.2) is 0 Å². The highest BCUT2D eigenvalue weighted by atomic mass is 16.5. The third-order valence-electron chi connectivity index (χ3n) is 5.21. The lowest BCUT2D eigenvalue weighted by atomic mass is 10.0. The van der Waals surface area contributed by atoms with Crippen molar-refractivity contribution < 1.29 is 23.9 Å². The first-order valence-electron chi connectivity index (χ1n) is 10.5. The van der Waals surface area contributed by atoms with Gasteiger partial charge < -0.3 is 20.1 Å². The van der Waals surface area contributed by atoms with Crippen LogP contribution in [0.3, 0.4) is 0 Å². The first-order valence-corrected chi connectivity index (χ1v) is 10.5. The largest absolute Gasteiger partial charge is 0.497 e. The van der Waals surface area contributed by atoms with E-state index in [1.807, 2.05) is 6.07 Å². The number of carbonyl (C=O) groups is 3. The lowest BCUT2D eigenvalue weighted by Gasteiger charge is -2.15. The molecule has 8 heteroatoms. The Balaban J connectivity index is 1.80. The van der Waals surface area contributed by atoms with E-state index in [-0.39, 0.29) is 17.2 Å². The second kappa shape index (κ2) is 9.50. The predicted molar refractivity (Wildman–Crippen MR) is 130 cm³/mol. The maximum absolute atomic E-state index is 13.5. The Kier molecular flexibility index (Phi) is 6.31. The summed E-state index contributed by atoms with van der Waals surface area (Å²) in [5.74, 6) is -0.0934. The minimum absolute atomic E-state index is 0.122. The molecule has 0 saturated heterocycles. The molecule has 1 aliphatic heterocycles. The van der Waals surface area contributed by atoms with Gasteiger partial charge in [-0.3, -0.25) is 14.4 Å². The van der Waals surface area contributed by atoms with Gasteiger partial charge in [0.05, 0.1) is 25.5 Å². The van der Waals surface area contributed by atoms with E-state index < -0.39 is 11.8 Å². The van der Waals surface area contributed by atoms with Gasteiger partial charge >= 0.3 is 0 Å². The van der Waals surface area contributed by atoms with E-state index in [4.69, 9.17) is 9.47 Å². The summed E-state index contributed by atoms with van der Waals surface area (Å²) >= 11 is 0. The zero-order chi connectivity index (χ0) is 24.2. The Morgan fingerprint density at radius 1 is 0.794 bits per heavy atom. The number of benzene rings is 3. The molecule has 3 amide bonds. The number of imide groups is 1. The van der Waals surface area contributed by atoms with Gasteiger partial charge in [0.2, 0.25) is 5.91 Å². The van der Waals surface area contributed by atoms with Gasteiger partial charge in [-0.2, -0.15) is 0 Å². The van der Waals surface area contributed by atoms with E-state index in [2.05, 4.69) is 10.6 Å². The second-order valence-corrected chi connectivity index (χ2v) is 7.52. The molecule has 3 aromatic carbocycles. The highest BCUT2D eigenvalue weighted by Crippen LogP contribution is 2.35. The summed E-state index contributed by atoms with van der Waals surface area (Å²) in [5, 5.41) is 5.80. The predicted octanol–water partition coefficient (Wildman–Crippen LogP) is 4.06. The number of methoxy groups -OCH3 is 2. The van der Waals surface area contributed by atoms with Crippen LogP contribution in [0.5, 0.6) is 11.5 Å². The molecular formula is C26H23N3O5. The molecule has 0 fully saturated rings. The van der Waals surface area contributed by atoms with Crippen LogP contribution < -0.4 is 25.0 Å². The molecule has 0 bridgehead atoms. The van der Waals surface area contributed by atoms with Crippen LogP contribution in [-0.2, 0) is 14.4 Å². The van der Waals surface area contributed by atoms with Crippen LogP contribution in [0.25, 0.3) is 5.57 Å². The number of nitrogens with one attached hydrogen (secondary N) is 2. The molecule has 0 saturated carbocycles. The van der Waals surface area contributed by atoms with Crippen LogP contribution in [0, 0.1) is 0 Å². The molecular weight excluding hydrogens is 434 g/mol. The molecule has 0 unspecified atom stereocenters. The van der Waals surface area contributed by atoms with Gasteiger partial charge in [-0.15, -0.1) is 0 Å². The molecule has 0 radical (unpaired) electrons. The topological polar surface area (TPSA) is 97.0 Å². The SMILES string of the molecule is COc1cc(NC2=C(c3ccc(NC(C)=O)cc3)C(=O)N(c3ccccc3)C2=O)cc(OC)c1. The summed E-state index contributed by atoms with van der Waals surface area (Å²) in [7, 11) is 3.06. The van der Waals surface area contributed by atoms with E-state index in [0.29, 0.717) is 34.1 Å². The number of ether oxygens (including phenoxy) is 2. The Bertz CT molecular complexity index is 1260. The van der Waals surface area contributed by atoms with E-state index in [1.165, 1.54) is 21.1 Å². The van der Waals surface area contributed by atoms with Crippen LogP contribution >= 0.6 is 0 Å². The molecule has 34 heavy (non-hydrogen) atoms. The van der Waals surface area contributed by atoms with Crippen LogP contribution in [-0.4, -0.2) is 31.9 Å². The highest BCUT2D eigenvalue weighted by Gasteiger charge is 2.40. The molecule has 0 aromatic heterocycles. The van der Waals surface area contributed by atoms with Crippen molar-refractivity contribution in [1.82, 2.24) is 0 Å². The van der Waals surface area contributed by atoms with Crippen molar-refractivity contribution in [1.29, 1.82) is 0 Å². The van der Waals surface area contributed by atoms with Crippen molar-refractivity contribution >= 4 is 40.4 Å². The number of para-hydroxylation sites is 1. The lowest BCUT2D eigenvalue weighted by Crippen LogP contribution is -2.32. The zero-order valence-corrected chi connectivity index (χ0v) is 18.9. The molecule has 3 aromatic rings. The number of nitrogens with zero attached hydrogens (tertiary/aromatic N) is 1. The Hall–Kier alpha value is -4.59. The maximum atomic E-state index is 13.5. The molecule has 2 N–H and O–H groups in total. The Morgan fingerprint density at radius 3 is 1.97 bits per heavy atom. The molecule has 8 nitrogen and oxygen atoms in total. The number of hydrogen-bond acceptors (Lipinski definition) is 6. The van der Waals surface area contributed by atoms with Crippen molar-refractivity contribution in [2.75, 3.05) is 29.8 Å². The third-order valence-corrected chi connectivity index (χ3v) is 5.21. The Labute approximate surface area is 196 Å². The summed E-state index contributed by atoms with van der Waals surface area (Å²) in [6.45, 7) is 1.41. The molecule has 0 atom stereocenters. The molecule has 1 aliphatic rings. The summed E-state index contributed by atoms with van der Waals surface area (Å²) < 4.78 is 10.6. The second-order valence-electron chi connectivity index (χ2n) is 7.52. The average molecular weight is 457 g/mol. The number of carbonyl (C=O) groups excluding carboxylic acids is 3. The van der Waals surface area contributed by atoms with E-state index in [9.17, 15) is 14.4 Å². The van der Waals surface area contributed by atoms with Gasteiger partial charge in [0.25, 0.3) is 11.8 Å². The van der Waals surface area contributed by atoms with Gasteiger partial charge in [0.1, 0.15) is 17.2 Å². The van der Waals surface area contributed by atoms with Gasteiger partial charge in [-0.25, -0.2) is 4.90 Å². The summed E-state index contributed by atoms with van der Waals surface area (Å²) in [6.07, 6.45) is 0.